The van der Waals surface area contributed by atoms with E-state index in [1.54, 1.807) is 31.4 Å². The van der Waals surface area contributed by atoms with Crippen LogP contribution < -0.4 is 10.1 Å². The smallest absolute Gasteiger partial charge is 0.255 e. The number of likely N-dealkylation sites (N-methyl/N-ethyl adjacent to an activating group) is 1. The van der Waals surface area contributed by atoms with Gasteiger partial charge in [-0.15, -0.1) is 0 Å². The normalized spacial score (nSPS) is 16.0. The second-order valence-electron chi connectivity index (χ2n) is 6.54. The summed E-state index contributed by atoms with van der Waals surface area (Å²) in [6.45, 7) is 2.07. The Hall–Kier alpha value is -2.13. The van der Waals surface area contributed by atoms with Crippen molar-refractivity contribution in [3.63, 3.8) is 0 Å². The molecule has 7 nitrogen and oxygen atoms in total. The summed E-state index contributed by atoms with van der Waals surface area (Å²) in [6, 6.07) is 11.1. The summed E-state index contributed by atoms with van der Waals surface area (Å²) in [5, 5.41) is 2.84. The molecule has 28 heavy (non-hydrogen) atoms. The summed E-state index contributed by atoms with van der Waals surface area (Å²) < 4.78 is 32.5. The molecule has 1 amide bonds. The highest BCUT2D eigenvalue weighted by molar-refractivity contribution is 7.89. The van der Waals surface area contributed by atoms with Gasteiger partial charge in [0.25, 0.3) is 5.91 Å². The van der Waals surface area contributed by atoms with Crippen LogP contribution in [0.5, 0.6) is 5.75 Å². The molecule has 1 heterocycles. The number of nitrogens with one attached hydrogen (secondary N) is 1. The molecule has 1 aliphatic rings. The fourth-order valence-electron chi connectivity index (χ4n) is 2.89. The van der Waals surface area contributed by atoms with Gasteiger partial charge in [-0.25, -0.2) is 8.42 Å². The number of methoxy groups -OCH3 is 1. The summed E-state index contributed by atoms with van der Waals surface area (Å²) in [5.74, 6) is 0.252. The second-order valence-corrected chi connectivity index (χ2v) is 8.85. The number of ether oxygens (including phenoxy) is 1. The summed E-state index contributed by atoms with van der Waals surface area (Å²) in [6.07, 6.45) is 0. The van der Waals surface area contributed by atoms with Gasteiger partial charge < -0.3 is 15.0 Å². The van der Waals surface area contributed by atoms with Crippen molar-refractivity contribution < 1.29 is 17.9 Å². The fraction of sp³-hybridized carbons (Fsp3) is 0.316. The van der Waals surface area contributed by atoms with Gasteiger partial charge in [0, 0.05) is 37.4 Å². The number of halogens is 1. The van der Waals surface area contributed by atoms with Gasteiger partial charge in [0.15, 0.2) is 0 Å². The fourth-order valence-corrected chi connectivity index (χ4v) is 4.81. The van der Waals surface area contributed by atoms with Crippen molar-refractivity contribution in [3.8, 4) is 5.75 Å². The standard InChI is InChI=1S/C19H22ClN3O4S/c1-22-9-11-23(12-10-22)28(25,26)18-13-14(3-8-17(18)20)19(24)21-15-4-6-16(27-2)7-5-15/h3-8,13H,9-12H2,1-2H3,(H,21,24). The number of nitrogens with zero attached hydrogens (tertiary/aromatic N) is 2. The van der Waals surface area contributed by atoms with Crippen molar-refractivity contribution >= 4 is 33.2 Å². The van der Waals surface area contributed by atoms with Gasteiger partial charge in [-0.1, -0.05) is 11.6 Å². The SMILES string of the molecule is COc1ccc(NC(=O)c2ccc(Cl)c(S(=O)(=O)N3CCN(C)CC3)c2)cc1. The maximum Gasteiger partial charge on any atom is 0.255 e. The maximum absolute atomic E-state index is 13.0. The third kappa shape index (κ3) is 4.47. The first-order chi connectivity index (χ1) is 13.3. The van der Waals surface area contributed by atoms with Crippen LogP contribution in [0.4, 0.5) is 5.69 Å². The Balaban J connectivity index is 1.83. The Kier molecular flexibility index (Phi) is 6.24. The third-order valence-electron chi connectivity index (χ3n) is 4.62. The highest BCUT2D eigenvalue weighted by Gasteiger charge is 2.30. The quantitative estimate of drug-likeness (QED) is 0.799. The van der Waals surface area contributed by atoms with Gasteiger partial charge in [0.05, 0.1) is 12.1 Å². The van der Waals surface area contributed by atoms with Gasteiger partial charge >= 0.3 is 0 Å². The average molecular weight is 424 g/mol. The number of anilines is 1. The number of carbonyl (C=O) groups is 1. The predicted molar refractivity (Wildman–Crippen MR) is 109 cm³/mol. The van der Waals surface area contributed by atoms with Gasteiger partial charge in [0.2, 0.25) is 10.0 Å². The zero-order valence-electron chi connectivity index (χ0n) is 15.7. The lowest BCUT2D eigenvalue weighted by Crippen LogP contribution is -2.47. The Morgan fingerprint density at radius 3 is 2.32 bits per heavy atom. The molecular formula is C19H22ClN3O4S. The lowest BCUT2D eigenvalue weighted by atomic mass is 10.2. The van der Waals surface area contributed by atoms with E-state index in [-0.39, 0.29) is 15.5 Å². The molecule has 3 rings (SSSR count). The van der Waals surface area contributed by atoms with Gasteiger partial charge in [-0.2, -0.15) is 4.31 Å². The summed E-state index contributed by atoms with van der Waals surface area (Å²) in [7, 11) is -0.271. The van der Waals surface area contributed by atoms with Crippen LogP contribution >= 0.6 is 11.6 Å². The number of amides is 1. The molecule has 0 aromatic heterocycles. The van der Waals surface area contributed by atoms with Crippen molar-refractivity contribution in [2.75, 3.05) is 45.7 Å². The van der Waals surface area contributed by atoms with E-state index in [0.29, 0.717) is 37.6 Å². The molecule has 0 atom stereocenters. The highest BCUT2D eigenvalue weighted by atomic mass is 35.5. The predicted octanol–water partition coefficient (Wildman–Crippen LogP) is 2.54. The van der Waals surface area contributed by atoms with Crippen molar-refractivity contribution in [2.45, 2.75) is 4.90 Å². The monoisotopic (exact) mass is 423 g/mol. The number of hydrogen-bond donors (Lipinski definition) is 1. The van der Waals surface area contributed by atoms with Crippen LogP contribution in [-0.4, -0.2) is 63.9 Å². The first-order valence-corrected chi connectivity index (χ1v) is 10.6. The van der Waals surface area contributed by atoms with E-state index < -0.39 is 15.9 Å². The highest BCUT2D eigenvalue weighted by Crippen LogP contribution is 2.27. The van der Waals surface area contributed by atoms with E-state index in [1.807, 2.05) is 7.05 Å². The van der Waals surface area contributed by atoms with Crippen molar-refractivity contribution in [3.05, 3.63) is 53.1 Å². The first kappa shape index (κ1) is 20.6. The van der Waals surface area contributed by atoms with Crippen LogP contribution in [0.2, 0.25) is 5.02 Å². The molecule has 0 unspecified atom stereocenters. The number of sulfonamides is 1. The molecule has 9 heteroatoms. The molecule has 1 N–H and O–H groups in total. The Morgan fingerprint density at radius 1 is 1.07 bits per heavy atom. The molecule has 1 saturated heterocycles. The Bertz CT molecular complexity index is 956. The van der Waals surface area contributed by atoms with E-state index >= 15 is 0 Å². The Labute approximate surface area is 169 Å². The maximum atomic E-state index is 13.0. The molecule has 0 aliphatic carbocycles. The summed E-state index contributed by atoms with van der Waals surface area (Å²) in [5.41, 5.74) is 0.789. The zero-order chi connectivity index (χ0) is 20.3. The lowest BCUT2D eigenvalue weighted by molar-refractivity contribution is 0.102. The molecule has 0 saturated carbocycles. The van der Waals surface area contributed by atoms with Crippen LogP contribution in [0.25, 0.3) is 0 Å². The number of hydrogen-bond acceptors (Lipinski definition) is 5. The van der Waals surface area contributed by atoms with E-state index in [0.717, 1.165) is 0 Å². The number of rotatable bonds is 5. The van der Waals surface area contributed by atoms with Crippen LogP contribution in [0.3, 0.4) is 0 Å². The topological polar surface area (TPSA) is 78.9 Å². The minimum absolute atomic E-state index is 0.0545. The largest absolute Gasteiger partial charge is 0.497 e. The zero-order valence-corrected chi connectivity index (χ0v) is 17.3. The van der Waals surface area contributed by atoms with Crippen LogP contribution in [0.15, 0.2) is 47.4 Å². The van der Waals surface area contributed by atoms with Crippen molar-refractivity contribution in [1.29, 1.82) is 0 Å². The number of piperazine rings is 1. The van der Waals surface area contributed by atoms with Crippen molar-refractivity contribution in [2.24, 2.45) is 0 Å². The molecule has 1 fully saturated rings. The average Bonchev–Trinajstić information content (AvgIpc) is 2.69. The summed E-state index contributed by atoms with van der Waals surface area (Å²) >= 11 is 6.17. The molecular weight excluding hydrogens is 402 g/mol. The molecule has 150 valence electrons. The van der Waals surface area contributed by atoms with E-state index in [4.69, 9.17) is 16.3 Å². The van der Waals surface area contributed by atoms with Gasteiger partial charge in [-0.05, 0) is 49.5 Å². The van der Waals surface area contributed by atoms with Crippen molar-refractivity contribution in [1.82, 2.24) is 9.21 Å². The molecule has 1 aliphatic heterocycles. The van der Waals surface area contributed by atoms with E-state index in [1.165, 1.54) is 22.5 Å². The van der Waals surface area contributed by atoms with E-state index in [9.17, 15) is 13.2 Å². The van der Waals surface area contributed by atoms with Crippen LogP contribution in [0, 0.1) is 0 Å². The number of carbonyl (C=O) groups excluding carboxylic acids is 1. The number of benzene rings is 2. The molecule has 0 radical (unpaired) electrons. The Morgan fingerprint density at radius 2 is 1.71 bits per heavy atom. The molecule has 2 aromatic rings. The minimum atomic E-state index is -3.78. The molecule has 2 aromatic carbocycles. The summed E-state index contributed by atoms with van der Waals surface area (Å²) in [4.78, 5) is 14.6. The van der Waals surface area contributed by atoms with E-state index in [2.05, 4.69) is 10.2 Å². The van der Waals surface area contributed by atoms with Crippen LogP contribution in [0.1, 0.15) is 10.4 Å². The second kappa shape index (κ2) is 8.48. The molecule has 0 spiro atoms. The van der Waals surface area contributed by atoms with Gasteiger partial charge in [-0.3, -0.25) is 4.79 Å². The van der Waals surface area contributed by atoms with Gasteiger partial charge in [0.1, 0.15) is 10.6 Å². The minimum Gasteiger partial charge on any atom is -0.497 e. The third-order valence-corrected chi connectivity index (χ3v) is 7.00. The molecule has 0 bridgehead atoms. The van der Waals surface area contributed by atoms with Crippen LogP contribution in [-0.2, 0) is 10.0 Å². The lowest BCUT2D eigenvalue weighted by Gasteiger charge is -2.31. The first-order valence-electron chi connectivity index (χ1n) is 8.75.